The molecular formula is C27H33N5O4. The van der Waals surface area contributed by atoms with Crippen LogP contribution in [0.2, 0.25) is 0 Å². The van der Waals surface area contributed by atoms with E-state index in [1.54, 1.807) is 7.11 Å². The van der Waals surface area contributed by atoms with Crippen LogP contribution in [-0.2, 0) is 14.3 Å². The van der Waals surface area contributed by atoms with Gasteiger partial charge in [-0.2, -0.15) is 9.61 Å². The lowest BCUT2D eigenvalue weighted by Gasteiger charge is -2.40. The van der Waals surface area contributed by atoms with Crippen molar-refractivity contribution in [2.75, 3.05) is 51.4 Å². The van der Waals surface area contributed by atoms with Gasteiger partial charge >= 0.3 is 0 Å². The minimum absolute atomic E-state index is 0.0617. The Balaban J connectivity index is 1.14. The van der Waals surface area contributed by atoms with Gasteiger partial charge in [0.1, 0.15) is 11.6 Å². The molecule has 3 saturated heterocycles. The molecule has 0 bridgehead atoms. The molecule has 0 N–H and O–H groups in total. The molecule has 9 heteroatoms. The Morgan fingerprint density at radius 1 is 1.03 bits per heavy atom. The van der Waals surface area contributed by atoms with E-state index >= 15 is 0 Å². The number of amides is 1. The number of benzene rings is 1. The molecule has 3 fully saturated rings. The van der Waals surface area contributed by atoms with Gasteiger partial charge in [-0.05, 0) is 44.0 Å². The van der Waals surface area contributed by atoms with Crippen molar-refractivity contribution in [3.05, 3.63) is 42.1 Å². The summed E-state index contributed by atoms with van der Waals surface area (Å²) in [6.07, 6.45) is 3.20. The van der Waals surface area contributed by atoms with Gasteiger partial charge in [-0.15, -0.1) is 0 Å². The average Bonchev–Trinajstić information content (AvgIpc) is 3.56. The second-order valence-corrected chi connectivity index (χ2v) is 9.98. The monoisotopic (exact) mass is 491 g/mol. The molecule has 0 radical (unpaired) electrons. The highest BCUT2D eigenvalue weighted by Crippen LogP contribution is 2.33. The van der Waals surface area contributed by atoms with Crippen molar-refractivity contribution in [3.63, 3.8) is 0 Å². The van der Waals surface area contributed by atoms with Crippen LogP contribution in [0, 0.1) is 12.8 Å². The first-order chi connectivity index (χ1) is 17.5. The molecule has 36 heavy (non-hydrogen) atoms. The fraction of sp³-hybridized carbons (Fsp3) is 0.519. The van der Waals surface area contributed by atoms with Crippen molar-refractivity contribution in [1.82, 2.24) is 19.5 Å². The van der Waals surface area contributed by atoms with Crippen LogP contribution in [0.1, 0.15) is 31.4 Å². The van der Waals surface area contributed by atoms with Gasteiger partial charge in [0, 0.05) is 68.3 Å². The van der Waals surface area contributed by atoms with E-state index in [-0.39, 0.29) is 11.8 Å². The zero-order chi connectivity index (χ0) is 24.7. The van der Waals surface area contributed by atoms with Crippen molar-refractivity contribution in [3.8, 4) is 17.0 Å². The zero-order valence-electron chi connectivity index (χ0n) is 21.0. The Morgan fingerprint density at radius 2 is 1.72 bits per heavy atom. The van der Waals surface area contributed by atoms with Crippen LogP contribution in [0.25, 0.3) is 16.9 Å². The smallest absolute Gasteiger partial charge is 0.225 e. The number of anilines is 1. The molecular weight excluding hydrogens is 458 g/mol. The van der Waals surface area contributed by atoms with E-state index < -0.39 is 5.79 Å². The number of hydrogen-bond acceptors (Lipinski definition) is 7. The topological polar surface area (TPSA) is 81.4 Å². The fourth-order valence-electron chi connectivity index (χ4n) is 5.68. The number of nitrogens with zero attached hydrogens (tertiary/aromatic N) is 5. The maximum absolute atomic E-state index is 13.3. The Labute approximate surface area is 210 Å². The van der Waals surface area contributed by atoms with Gasteiger partial charge in [0.15, 0.2) is 11.4 Å². The van der Waals surface area contributed by atoms with Crippen LogP contribution in [0.4, 0.5) is 5.82 Å². The number of ether oxygens (including phenoxy) is 3. The highest BCUT2D eigenvalue weighted by Gasteiger charge is 2.42. The van der Waals surface area contributed by atoms with Crippen LogP contribution >= 0.6 is 0 Å². The molecule has 2 aromatic heterocycles. The summed E-state index contributed by atoms with van der Waals surface area (Å²) in [5.41, 5.74) is 3.68. The Morgan fingerprint density at radius 3 is 2.39 bits per heavy atom. The first kappa shape index (κ1) is 23.2. The molecule has 0 unspecified atom stereocenters. The molecule has 6 rings (SSSR count). The van der Waals surface area contributed by atoms with Crippen molar-refractivity contribution in [2.45, 2.75) is 38.4 Å². The zero-order valence-corrected chi connectivity index (χ0v) is 21.0. The lowest BCUT2D eigenvalue weighted by Crippen LogP contribution is -2.50. The van der Waals surface area contributed by atoms with E-state index in [0.29, 0.717) is 26.3 Å². The molecule has 0 aliphatic carbocycles. The molecule has 3 aliphatic heterocycles. The molecule has 1 spiro atoms. The second-order valence-electron chi connectivity index (χ2n) is 9.98. The maximum atomic E-state index is 13.3. The summed E-state index contributed by atoms with van der Waals surface area (Å²) in [5, 5.41) is 4.89. The van der Waals surface area contributed by atoms with Crippen LogP contribution in [0.3, 0.4) is 0 Å². The van der Waals surface area contributed by atoms with Crippen molar-refractivity contribution in [2.24, 2.45) is 5.92 Å². The third-order valence-electron chi connectivity index (χ3n) is 7.74. The van der Waals surface area contributed by atoms with E-state index in [4.69, 9.17) is 24.3 Å². The number of carbonyl (C=O) groups excluding carboxylic acids is 1. The van der Waals surface area contributed by atoms with Gasteiger partial charge in [0.2, 0.25) is 5.91 Å². The van der Waals surface area contributed by atoms with Crippen LogP contribution in [0.5, 0.6) is 5.75 Å². The van der Waals surface area contributed by atoms with Gasteiger partial charge in [-0.25, -0.2) is 4.98 Å². The SMILES string of the molecule is COc1ccc(-c2cc3nc(C)cc(N4CCC(C(=O)N5CCC6(CC5)OCCO6)CC4)n3n2)cc1. The predicted molar refractivity (Wildman–Crippen MR) is 135 cm³/mol. The van der Waals surface area contributed by atoms with E-state index in [1.165, 1.54) is 0 Å². The third-order valence-corrected chi connectivity index (χ3v) is 7.74. The maximum Gasteiger partial charge on any atom is 0.225 e. The quantitative estimate of drug-likeness (QED) is 0.554. The van der Waals surface area contributed by atoms with Gasteiger partial charge in [-0.1, -0.05) is 0 Å². The summed E-state index contributed by atoms with van der Waals surface area (Å²) in [7, 11) is 1.66. The summed E-state index contributed by atoms with van der Waals surface area (Å²) < 4.78 is 18.8. The Kier molecular flexibility index (Phi) is 6.05. The number of aryl methyl sites for hydroxylation is 1. The highest BCUT2D eigenvalue weighted by atomic mass is 16.7. The number of aromatic nitrogens is 3. The lowest BCUT2D eigenvalue weighted by atomic mass is 9.93. The number of piperidine rings is 2. The minimum atomic E-state index is -0.445. The molecule has 1 amide bonds. The average molecular weight is 492 g/mol. The first-order valence-corrected chi connectivity index (χ1v) is 12.9. The summed E-state index contributed by atoms with van der Waals surface area (Å²) in [6.45, 7) is 6.39. The molecule has 0 atom stereocenters. The summed E-state index contributed by atoms with van der Waals surface area (Å²) in [4.78, 5) is 22.3. The number of methoxy groups -OCH3 is 1. The Bertz CT molecular complexity index is 1230. The molecule has 0 saturated carbocycles. The third kappa shape index (κ3) is 4.30. The van der Waals surface area contributed by atoms with E-state index in [2.05, 4.69) is 11.0 Å². The van der Waals surface area contributed by atoms with Crippen molar-refractivity contribution >= 4 is 17.4 Å². The molecule has 190 valence electrons. The number of rotatable bonds is 4. The molecule has 5 heterocycles. The Hall–Kier alpha value is -3.17. The number of carbonyl (C=O) groups is 1. The molecule has 9 nitrogen and oxygen atoms in total. The van der Waals surface area contributed by atoms with Gasteiger partial charge in [0.25, 0.3) is 0 Å². The fourth-order valence-corrected chi connectivity index (χ4v) is 5.68. The van der Waals surface area contributed by atoms with E-state index in [9.17, 15) is 4.79 Å². The lowest BCUT2D eigenvalue weighted by molar-refractivity contribution is -0.188. The molecule has 1 aromatic carbocycles. The van der Waals surface area contributed by atoms with Gasteiger partial charge in [-0.3, -0.25) is 4.79 Å². The van der Waals surface area contributed by atoms with E-state index in [1.807, 2.05) is 46.7 Å². The van der Waals surface area contributed by atoms with Gasteiger partial charge < -0.3 is 24.0 Å². The number of fused-ring (bicyclic) bond motifs is 1. The first-order valence-electron chi connectivity index (χ1n) is 12.9. The van der Waals surface area contributed by atoms with Crippen LogP contribution in [0.15, 0.2) is 36.4 Å². The summed E-state index contributed by atoms with van der Waals surface area (Å²) >= 11 is 0. The minimum Gasteiger partial charge on any atom is -0.497 e. The van der Waals surface area contributed by atoms with Crippen molar-refractivity contribution in [1.29, 1.82) is 0 Å². The predicted octanol–water partition coefficient (Wildman–Crippen LogP) is 3.30. The number of hydrogen-bond donors (Lipinski definition) is 0. The summed E-state index contributed by atoms with van der Waals surface area (Å²) in [5.74, 6) is 1.74. The highest BCUT2D eigenvalue weighted by molar-refractivity contribution is 5.79. The largest absolute Gasteiger partial charge is 0.497 e. The normalized spacial score (nSPS) is 20.4. The van der Waals surface area contributed by atoms with Crippen molar-refractivity contribution < 1.29 is 19.0 Å². The van der Waals surface area contributed by atoms with Gasteiger partial charge in [0.05, 0.1) is 26.0 Å². The molecule has 3 aromatic rings. The second kappa shape index (κ2) is 9.37. The van der Waals surface area contributed by atoms with Crippen LogP contribution < -0.4 is 9.64 Å². The summed E-state index contributed by atoms with van der Waals surface area (Å²) in [6, 6.07) is 12.0. The van der Waals surface area contributed by atoms with Crippen LogP contribution in [-0.4, -0.2) is 77.7 Å². The standard InChI is InChI=1S/C27H33N5O4/c1-19-17-25(32-24(28-19)18-23(29-32)20-3-5-22(34-2)6-4-20)30-11-7-21(8-12-30)26(33)31-13-9-27(10-14-31)35-15-16-36-27/h3-6,17-18,21H,7-16H2,1-2H3. The number of likely N-dealkylation sites (tertiary alicyclic amines) is 1. The van der Waals surface area contributed by atoms with E-state index in [0.717, 1.165) is 72.9 Å². The molecule has 3 aliphatic rings.